The lowest BCUT2D eigenvalue weighted by atomic mass is 10.0. The molecule has 0 aliphatic carbocycles. The van der Waals surface area contributed by atoms with Crippen molar-refractivity contribution in [1.82, 2.24) is 9.55 Å². The van der Waals surface area contributed by atoms with Crippen LogP contribution in [0.4, 0.5) is 20.2 Å². The molecule has 0 unspecified atom stereocenters. The van der Waals surface area contributed by atoms with Gasteiger partial charge in [-0.3, -0.25) is 9.78 Å². The fourth-order valence-corrected chi connectivity index (χ4v) is 3.83. The smallest absolute Gasteiger partial charge is 0.265 e. The topological polar surface area (TPSA) is 47.4 Å². The number of anilines is 2. The van der Waals surface area contributed by atoms with Gasteiger partial charge in [0, 0.05) is 48.4 Å². The maximum Gasteiger partial charge on any atom is 0.265 e. The maximum atomic E-state index is 13.3. The Labute approximate surface area is 161 Å². The van der Waals surface area contributed by atoms with Gasteiger partial charge < -0.3 is 14.2 Å². The molecule has 1 aromatic carbocycles. The number of rotatable bonds is 3. The van der Waals surface area contributed by atoms with E-state index in [0.717, 1.165) is 35.1 Å². The molecule has 4 rings (SSSR count). The van der Waals surface area contributed by atoms with Crippen LogP contribution in [0, 0.1) is 6.92 Å². The number of benzene rings is 1. The minimum absolute atomic E-state index is 0.0765. The Morgan fingerprint density at radius 1 is 1.18 bits per heavy atom. The van der Waals surface area contributed by atoms with Crippen molar-refractivity contribution in [3.05, 3.63) is 57.6 Å². The predicted molar refractivity (Wildman–Crippen MR) is 105 cm³/mol. The molecule has 1 aliphatic rings. The number of hydrogen-bond acceptors (Lipinski definition) is 4. The fraction of sp³-hybridized carbons (Fsp3) is 0.333. The van der Waals surface area contributed by atoms with Crippen molar-refractivity contribution < 1.29 is 13.5 Å². The van der Waals surface area contributed by atoms with Crippen LogP contribution in [0.3, 0.4) is 0 Å². The number of methoxy groups -OCH3 is 1. The molecule has 5 nitrogen and oxygen atoms in total. The van der Waals surface area contributed by atoms with E-state index >= 15 is 0 Å². The van der Waals surface area contributed by atoms with Gasteiger partial charge in [-0.05, 0) is 31.9 Å². The summed E-state index contributed by atoms with van der Waals surface area (Å²) in [5.74, 6) is 0.603. The Hall–Kier alpha value is -2.96. The van der Waals surface area contributed by atoms with Crippen molar-refractivity contribution in [3.8, 4) is 5.75 Å². The Bertz CT molecular complexity index is 1120. The van der Waals surface area contributed by atoms with Crippen LogP contribution in [-0.4, -0.2) is 23.2 Å². The lowest BCUT2D eigenvalue weighted by molar-refractivity contribution is 0.151. The summed E-state index contributed by atoms with van der Waals surface area (Å²) < 4.78 is 33.6. The van der Waals surface area contributed by atoms with Gasteiger partial charge in [0.15, 0.2) is 0 Å². The van der Waals surface area contributed by atoms with E-state index in [0.29, 0.717) is 23.5 Å². The van der Waals surface area contributed by atoms with Gasteiger partial charge in [0.2, 0.25) is 0 Å². The van der Waals surface area contributed by atoms with Gasteiger partial charge in [-0.15, -0.1) is 0 Å². The highest BCUT2D eigenvalue weighted by molar-refractivity contribution is 5.96. The van der Waals surface area contributed by atoms with Crippen LogP contribution in [-0.2, 0) is 13.5 Å². The maximum absolute atomic E-state index is 13.3. The van der Waals surface area contributed by atoms with Crippen molar-refractivity contribution in [3.63, 3.8) is 0 Å². The monoisotopic (exact) mass is 385 g/mol. The molecule has 28 heavy (non-hydrogen) atoms. The fourth-order valence-electron chi connectivity index (χ4n) is 3.83. The molecule has 0 atom stereocenters. The Kier molecular flexibility index (Phi) is 4.53. The normalized spacial score (nSPS) is 13.9. The molecule has 3 aromatic rings. The second kappa shape index (κ2) is 6.89. The molecular formula is C21H21F2N3O2. The molecule has 0 fully saturated rings. The lowest BCUT2D eigenvalue weighted by Gasteiger charge is -2.32. The Morgan fingerprint density at radius 3 is 2.68 bits per heavy atom. The number of halogens is 2. The van der Waals surface area contributed by atoms with E-state index in [9.17, 15) is 13.6 Å². The molecule has 0 spiro atoms. The van der Waals surface area contributed by atoms with Gasteiger partial charge in [-0.25, -0.2) is 8.78 Å². The summed E-state index contributed by atoms with van der Waals surface area (Å²) in [5.41, 5.74) is 3.49. The molecule has 0 saturated carbocycles. The molecule has 7 heteroatoms. The van der Waals surface area contributed by atoms with Crippen LogP contribution < -0.4 is 15.2 Å². The van der Waals surface area contributed by atoms with E-state index < -0.39 is 6.43 Å². The zero-order valence-corrected chi connectivity index (χ0v) is 16.0. The van der Waals surface area contributed by atoms with E-state index in [1.165, 1.54) is 12.3 Å². The van der Waals surface area contributed by atoms with E-state index in [-0.39, 0.29) is 11.1 Å². The predicted octanol–water partition coefficient (Wildman–Crippen LogP) is 4.27. The summed E-state index contributed by atoms with van der Waals surface area (Å²) in [4.78, 5) is 18.7. The van der Waals surface area contributed by atoms with Gasteiger partial charge >= 0.3 is 0 Å². The summed E-state index contributed by atoms with van der Waals surface area (Å²) in [5, 5.41) is 0.871. The quantitative estimate of drug-likeness (QED) is 0.676. The van der Waals surface area contributed by atoms with Gasteiger partial charge in [0.1, 0.15) is 5.75 Å². The van der Waals surface area contributed by atoms with Crippen LogP contribution in [0.25, 0.3) is 10.9 Å². The van der Waals surface area contributed by atoms with Crippen LogP contribution in [0.15, 0.2) is 35.3 Å². The first-order valence-electron chi connectivity index (χ1n) is 9.13. The van der Waals surface area contributed by atoms with E-state index in [1.54, 1.807) is 25.6 Å². The van der Waals surface area contributed by atoms with Crippen molar-refractivity contribution in [1.29, 1.82) is 0 Å². The van der Waals surface area contributed by atoms with Crippen molar-refractivity contribution in [2.75, 3.05) is 18.6 Å². The summed E-state index contributed by atoms with van der Waals surface area (Å²) in [6.45, 7) is 2.45. The van der Waals surface area contributed by atoms with Crippen molar-refractivity contribution >= 4 is 22.3 Å². The third-order valence-corrected chi connectivity index (χ3v) is 5.31. The third kappa shape index (κ3) is 2.91. The van der Waals surface area contributed by atoms with E-state index in [1.807, 2.05) is 23.1 Å². The van der Waals surface area contributed by atoms with Crippen LogP contribution in [0.2, 0.25) is 0 Å². The second-order valence-electron chi connectivity index (χ2n) is 7.06. The molecule has 146 valence electrons. The second-order valence-corrected chi connectivity index (χ2v) is 7.06. The average Bonchev–Trinajstić information content (AvgIpc) is 2.70. The highest BCUT2D eigenvalue weighted by Gasteiger charge is 2.24. The zero-order chi connectivity index (χ0) is 20.0. The van der Waals surface area contributed by atoms with Crippen molar-refractivity contribution in [2.24, 2.45) is 7.05 Å². The molecule has 0 bridgehead atoms. The minimum atomic E-state index is -2.58. The average molecular weight is 385 g/mol. The van der Waals surface area contributed by atoms with E-state index in [2.05, 4.69) is 4.98 Å². The lowest BCUT2D eigenvalue weighted by Crippen LogP contribution is -2.26. The van der Waals surface area contributed by atoms with Crippen LogP contribution in [0.1, 0.15) is 29.7 Å². The number of aromatic nitrogens is 2. The number of fused-ring (bicyclic) bond motifs is 2. The molecule has 0 radical (unpaired) electrons. The number of ether oxygens (including phenoxy) is 1. The minimum Gasteiger partial charge on any atom is -0.497 e. The number of aryl methyl sites for hydroxylation is 3. The molecule has 0 amide bonds. The van der Waals surface area contributed by atoms with Gasteiger partial charge in [0.25, 0.3) is 12.0 Å². The standard InChI is InChI=1S/C21H21F2N3O2/c1-12-7-15-17(25(2)21(12)27)9-14(28-3)10-18(15)26-6-4-5-16-19(26)8-13(11-24-16)20(22)23/h7-11,20H,4-6H2,1-3H3. The summed E-state index contributed by atoms with van der Waals surface area (Å²) in [6.07, 6.45) is 0.281. The first kappa shape index (κ1) is 18.4. The summed E-state index contributed by atoms with van der Waals surface area (Å²) >= 11 is 0. The molecule has 1 aliphatic heterocycles. The Balaban J connectivity index is 2.00. The van der Waals surface area contributed by atoms with Crippen LogP contribution in [0.5, 0.6) is 5.75 Å². The van der Waals surface area contributed by atoms with Crippen molar-refractivity contribution in [2.45, 2.75) is 26.2 Å². The summed E-state index contributed by atoms with van der Waals surface area (Å²) in [6, 6.07) is 7.08. The van der Waals surface area contributed by atoms with E-state index in [4.69, 9.17) is 4.74 Å². The molecule has 2 aromatic heterocycles. The molecular weight excluding hydrogens is 364 g/mol. The largest absolute Gasteiger partial charge is 0.497 e. The van der Waals surface area contributed by atoms with Gasteiger partial charge in [0.05, 0.1) is 29.7 Å². The molecule has 0 N–H and O–H groups in total. The number of nitrogens with zero attached hydrogens (tertiary/aromatic N) is 3. The van der Waals surface area contributed by atoms with Crippen LogP contribution >= 0.6 is 0 Å². The molecule has 3 heterocycles. The van der Waals surface area contributed by atoms with Gasteiger partial charge in [-0.2, -0.15) is 0 Å². The first-order valence-corrected chi connectivity index (χ1v) is 9.13. The third-order valence-electron chi connectivity index (χ3n) is 5.31. The zero-order valence-electron chi connectivity index (χ0n) is 16.0. The Morgan fingerprint density at radius 2 is 1.96 bits per heavy atom. The highest BCUT2D eigenvalue weighted by atomic mass is 19.3. The number of hydrogen-bond donors (Lipinski definition) is 0. The SMILES string of the molecule is COc1cc(N2CCCc3ncc(C(F)F)cc32)c2cc(C)c(=O)n(C)c2c1. The highest BCUT2D eigenvalue weighted by Crippen LogP contribution is 2.40. The molecule has 0 saturated heterocycles. The summed E-state index contributed by atoms with van der Waals surface area (Å²) in [7, 11) is 3.29. The first-order chi connectivity index (χ1) is 13.4. The van der Waals surface area contributed by atoms with Gasteiger partial charge in [-0.1, -0.05) is 0 Å². The number of pyridine rings is 2. The number of alkyl halides is 2.